The smallest absolute Gasteiger partial charge is 0.293 e. The number of aliphatic imine (C=N–C) groups is 1. The van der Waals surface area contributed by atoms with Gasteiger partial charge in [-0.1, -0.05) is 6.07 Å². The minimum absolute atomic E-state index is 0.00402. The second-order valence-electron chi connectivity index (χ2n) is 5.47. The number of sulfonamides is 1. The SMILES string of the molecule is CCN(CC)c1ccc(C=Nc2ccc(S(N)(=O)=O)cc2)cc1[N+](=O)[O-]. The number of nitro groups is 1. The van der Waals surface area contributed by atoms with Crippen molar-refractivity contribution in [2.75, 3.05) is 18.0 Å². The normalized spacial score (nSPS) is 11.7. The molecule has 2 aromatic carbocycles. The largest absolute Gasteiger partial charge is 0.367 e. The molecule has 0 saturated heterocycles. The van der Waals surface area contributed by atoms with Gasteiger partial charge in [-0.2, -0.15) is 0 Å². The van der Waals surface area contributed by atoms with Gasteiger partial charge in [0.25, 0.3) is 5.69 Å². The lowest BCUT2D eigenvalue weighted by molar-refractivity contribution is -0.384. The zero-order valence-electron chi connectivity index (χ0n) is 14.5. The molecule has 0 aromatic heterocycles. The van der Waals surface area contributed by atoms with E-state index in [1.54, 1.807) is 12.1 Å². The Bertz CT molecular complexity index is 920. The van der Waals surface area contributed by atoms with Crippen LogP contribution in [0.25, 0.3) is 0 Å². The molecule has 0 aliphatic carbocycles. The molecule has 9 heteroatoms. The summed E-state index contributed by atoms with van der Waals surface area (Å²) in [5.74, 6) is 0. The van der Waals surface area contributed by atoms with E-state index in [1.807, 2.05) is 18.7 Å². The maximum absolute atomic E-state index is 11.4. The van der Waals surface area contributed by atoms with Gasteiger partial charge >= 0.3 is 0 Å². The Balaban J connectivity index is 2.30. The zero-order valence-corrected chi connectivity index (χ0v) is 15.3. The average molecular weight is 376 g/mol. The van der Waals surface area contributed by atoms with Crippen LogP contribution in [0.3, 0.4) is 0 Å². The molecule has 2 rings (SSSR count). The molecule has 0 bridgehead atoms. The van der Waals surface area contributed by atoms with Gasteiger partial charge in [0, 0.05) is 25.4 Å². The molecule has 0 atom stereocenters. The van der Waals surface area contributed by atoms with Crippen molar-refractivity contribution in [3.63, 3.8) is 0 Å². The number of benzene rings is 2. The molecule has 2 N–H and O–H groups in total. The average Bonchev–Trinajstić information content (AvgIpc) is 2.61. The first-order valence-electron chi connectivity index (χ1n) is 7.96. The molecule has 138 valence electrons. The number of nitro benzene ring substituents is 1. The van der Waals surface area contributed by atoms with Crippen molar-refractivity contribution in [2.45, 2.75) is 18.7 Å². The lowest BCUT2D eigenvalue weighted by Crippen LogP contribution is -2.22. The first-order chi connectivity index (χ1) is 12.3. The maximum Gasteiger partial charge on any atom is 0.293 e. The Morgan fingerprint density at radius 1 is 1.15 bits per heavy atom. The standard InChI is InChI=1S/C17H20N4O4S/c1-3-20(4-2)16-10-5-13(11-17(16)21(22)23)12-19-14-6-8-15(9-7-14)26(18,24)25/h5-12H,3-4H2,1-2H3,(H2,18,24,25). The highest BCUT2D eigenvalue weighted by molar-refractivity contribution is 7.89. The molecular formula is C17H20N4O4S. The molecule has 26 heavy (non-hydrogen) atoms. The van der Waals surface area contributed by atoms with E-state index in [0.29, 0.717) is 30.0 Å². The van der Waals surface area contributed by atoms with Crippen LogP contribution in [0, 0.1) is 10.1 Å². The van der Waals surface area contributed by atoms with Gasteiger partial charge in [-0.3, -0.25) is 15.1 Å². The van der Waals surface area contributed by atoms with E-state index < -0.39 is 14.9 Å². The molecule has 0 radical (unpaired) electrons. The molecule has 8 nitrogen and oxygen atoms in total. The topological polar surface area (TPSA) is 119 Å². The van der Waals surface area contributed by atoms with Crippen molar-refractivity contribution >= 4 is 33.3 Å². The van der Waals surface area contributed by atoms with E-state index in [1.165, 1.54) is 36.5 Å². The van der Waals surface area contributed by atoms with Crippen LogP contribution in [0.4, 0.5) is 17.1 Å². The highest BCUT2D eigenvalue weighted by Gasteiger charge is 2.18. The van der Waals surface area contributed by atoms with Crippen LogP contribution in [0.1, 0.15) is 19.4 Å². The number of hydrogen-bond acceptors (Lipinski definition) is 6. The Morgan fingerprint density at radius 2 is 1.77 bits per heavy atom. The summed E-state index contributed by atoms with van der Waals surface area (Å²) in [5, 5.41) is 16.4. The number of rotatable bonds is 7. The summed E-state index contributed by atoms with van der Waals surface area (Å²) in [4.78, 5) is 17.1. The third-order valence-electron chi connectivity index (χ3n) is 3.83. The highest BCUT2D eigenvalue weighted by Crippen LogP contribution is 2.29. The predicted molar refractivity (Wildman–Crippen MR) is 102 cm³/mol. The molecule has 0 spiro atoms. The number of hydrogen-bond donors (Lipinski definition) is 1. The summed E-state index contributed by atoms with van der Waals surface area (Å²) in [6.45, 7) is 5.21. The minimum atomic E-state index is -3.75. The van der Waals surface area contributed by atoms with Crippen LogP contribution < -0.4 is 10.0 Å². The third kappa shape index (κ3) is 4.64. The lowest BCUT2D eigenvalue weighted by atomic mass is 10.1. The Hall–Kier alpha value is -2.78. The van der Waals surface area contributed by atoms with Crippen molar-refractivity contribution in [2.24, 2.45) is 10.1 Å². The van der Waals surface area contributed by atoms with E-state index in [0.717, 1.165) is 0 Å². The fourth-order valence-corrected chi connectivity index (χ4v) is 2.99. The van der Waals surface area contributed by atoms with Crippen molar-refractivity contribution < 1.29 is 13.3 Å². The molecule has 0 unspecified atom stereocenters. The van der Waals surface area contributed by atoms with Crippen LogP contribution >= 0.6 is 0 Å². The molecule has 0 aliphatic heterocycles. The van der Waals surface area contributed by atoms with Gasteiger partial charge in [0.15, 0.2) is 0 Å². The summed E-state index contributed by atoms with van der Waals surface area (Å²) < 4.78 is 22.5. The van der Waals surface area contributed by atoms with E-state index >= 15 is 0 Å². The van der Waals surface area contributed by atoms with Crippen molar-refractivity contribution in [1.82, 2.24) is 0 Å². The molecule has 0 aliphatic rings. The molecule has 0 amide bonds. The predicted octanol–water partition coefficient (Wildman–Crippen LogP) is 2.84. The first-order valence-corrected chi connectivity index (χ1v) is 9.51. The van der Waals surface area contributed by atoms with Gasteiger partial charge < -0.3 is 4.90 Å². The molecule has 0 fully saturated rings. The van der Waals surface area contributed by atoms with E-state index in [9.17, 15) is 18.5 Å². The maximum atomic E-state index is 11.4. The zero-order chi connectivity index (χ0) is 19.3. The van der Waals surface area contributed by atoms with E-state index in [2.05, 4.69) is 4.99 Å². The fraction of sp³-hybridized carbons (Fsp3) is 0.235. The van der Waals surface area contributed by atoms with Crippen LogP contribution in [0.5, 0.6) is 0 Å². The molecule has 2 aromatic rings. The van der Waals surface area contributed by atoms with Crippen LogP contribution in [0.2, 0.25) is 0 Å². The second kappa shape index (κ2) is 8.07. The Morgan fingerprint density at radius 3 is 2.27 bits per heavy atom. The summed E-state index contributed by atoms with van der Waals surface area (Å²) in [7, 11) is -3.75. The Kier molecular flexibility index (Phi) is 6.06. The van der Waals surface area contributed by atoms with E-state index in [-0.39, 0.29) is 10.6 Å². The third-order valence-corrected chi connectivity index (χ3v) is 4.76. The van der Waals surface area contributed by atoms with Gasteiger partial charge in [-0.25, -0.2) is 13.6 Å². The van der Waals surface area contributed by atoms with Crippen LogP contribution in [-0.4, -0.2) is 32.6 Å². The molecular weight excluding hydrogens is 356 g/mol. The van der Waals surface area contributed by atoms with Crippen LogP contribution in [0.15, 0.2) is 52.4 Å². The fourth-order valence-electron chi connectivity index (χ4n) is 2.47. The molecule has 0 saturated carbocycles. The minimum Gasteiger partial charge on any atom is -0.367 e. The number of primary sulfonamides is 1. The summed E-state index contributed by atoms with van der Waals surface area (Å²) >= 11 is 0. The summed E-state index contributed by atoms with van der Waals surface area (Å²) in [6.07, 6.45) is 1.49. The van der Waals surface area contributed by atoms with Gasteiger partial charge in [0.05, 0.1) is 15.5 Å². The molecule has 0 heterocycles. The summed E-state index contributed by atoms with van der Waals surface area (Å²) in [5.41, 5.74) is 1.66. The lowest BCUT2D eigenvalue weighted by Gasteiger charge is -2.20. The highest BCUT2D eigenvalue weighted by atomic mass is 32.2. The second-order valence-corrected chi connectivity index (χ2v) is 7.04. The first kappa shape index (κ1) is 19.5. The quantitative estimate of drug-likeness (QED) is 0.453. The van der Waals surface area contributed by atoms with Gasteiger partial charge in [-0.15, -0.1) is 0 Å². The van der Waals surface area contributed by atoms with Crippen LogP contribution in [-0.2, 0) is 10.0 Å². The number of anilines is 1. The Labute approximate surface area is 152 Å². The van der Waals surface area contributed by atoms with Gasteiger partial charge in [0.1, 0.15) is 5.69 Å². The number of nitrogens with zero attached hydrogens (tertiary/aromatic N) is 3. The van der Waals surface area contributed by atoms with Gasteiger partial charge in [-0.05, 0) is 49.7 Å². The van der Waals surface area contributed by atoms with Crippen molar-refractivity contribution in [3.05, 3.63) is 58.1 Å². The van der Waals surface area contributed by atoms with Gasteiger partial charge in [0.2, 0.25) is 10.0 Å². The summed E-state index contributed by atoms with van der Waals surface area (Å²) in [6, 6.07) is 10.7. The van der Waals surface area contributed by atoms with Crippen molar-refractivity contribution in [3.8, 4) is 0 Å². The van der Waals surface area contributed by atoms with E-state index in [4.69, 9.17) is 5.14 Å². The van der Waals surface area contributed by atoms with Crippen molar-refractivity contribution in [1.29, 1.82) is 0 Å². The monoisotopic (exact) mass is 376 g/mol. The number of nitrogens with two attached hydrogens (primary N) is 1.